The van der Waals surface area contributed by atoms with E-state index in [0.29, 0.717) is 13.2 Å². The maximum absolute atomic E-state index is 11.9. The number of carbonyl (C=O) groups is 1. The summed E-state index contributed by atoms with van der Waals surface area (Å²) in [5.41, 5.74) is 1.92. The Hall–Kier alpha value is -1.77. The molecule has 1 aliphatic heterocycles. The molecule has 0 saturated heterocycles. The number of para-hydroxylation sites is 1. The van der Waals surface area contributed by atoms with Crippen molar-refractivity contribution in [2.24, 2.45) is 0 Å². The van der Waals surface area contributed by atoms with Gasteiger partial charge in [-0.25, -0.2) is 0 Å². The molecular formula is C13H15NO2. The van der Waals surface area contributed by atoms with Gasteiger partial charge in [-0.3, -0.25) is 4.79 Å². The lowest BCUT2D eigenvalue weighted by atomic mass is 10.0. The molecule has 2 rings (SSSR count). The van der Waals surface area contributed by atoms with E-state index in [0.717, 1.165) is 16.9 Å². The second-order valence-electron chi connectivity index (χ2n) is 4.08. The number of amides is 1. The molecule has 3 heteroatoms. The molecule has 1 aromatic rings. The summed E-state index contributed by atoms with van der Waals surface area (Å²) in [5.74, 6) is 0.640. The van der Waals surface area contributed by atoms with Crippen LogP contribution in [0.15, 0.2) is 36.4 Å². The van der Waals surface area contributed by atoms with Crippen molar-refractivity contribution in [3.8, 4) is 5.75 Å². The van der Waals surface area contributed by atoms with E-state index < -0.39 is 0 Å². The van der Waals surface area contributed by atoms with Gasteiger partial charge in [-0.2, -0.15) is 0 Å². The van der Waals surface area contributed by atoms with Gasteiger partial charge < -0.3 is 10.1 Å². The second-order valence-corrected chi connectivity index (χ2v) is 4.08. The summed E-state index contributed by atoms with van der Waals surface area (Å²) in [4.78, 5) is 11.9. The maximum atomic E-state index is 11.9. The number of hydrogen-bond acceptors (Lipinski definition) is 2. The Morgan fingerprint density at radius 1 is 1.56 bits per heavy atom. The van der Waals surface area contributed by atoms with Crippen LogP contribution in [0.25, 0.3) is 0 Å². The van der Waals surface area contributed by atoms with Crippen molar-refractivity contribution in [2.75, 3.05) is 13.2 Å². The highest BCUT2D eigenvalue weighted by Crippen LogP contribution is 2.33. The largest absolute Gasteiger partial charge is 0.492 e. The summed E-state index contributed by atoms with van der Waals surface area (Å²) >= 11 is 0. The first-order chi connectivity index (χ1) is 7.68. The van der Waals surface area contributed by atoms with E-state index in [2.05, 4.69) is 11.9 Å². The molecule has 0 fully saturated rings. The lowest BCUT2D eigenvalue weighted by molar-refractivity contribution is -0.122. The fourth-order valence-corrected chi connectivity index (χ4v) is 1.74. The summed E-state index contributed by atoms with van der Waals surface area (Å²) in [7, 11) is 0. The molecule has 0 aromatic heterocycles. The predicted molar refractivity (Wildman–Crippen MR) is 62.5 cm³/mol. The Kier molecular flexibility index (Phi) is 2.95. The molecule has 1 amide bonds. The molecule has 1 atom stereocenters. The molecule has 1 aromatic carbocycles. The lowest BCUT2D eigenvalue weighted by Gasteiger charge is -2.09. The quantitative estimate of drug-likeness (QED) is 0.785. The topological polar surface area (TPSA) is 38.3 Å². The van der Waals surface area contributed by atoms with Crippen LogP contribution in [0.4, 0.5) is 0 Å². The van der Waals surface area contributed by atoms with Gasteiger partial charge >= 0.3 is 0 Å². The first-order valence-corrected chi connectivity index (χ1v) is 5.32. The first-order valence-electron chi connectivity index (χ1n) is 5.32. The molecule has 1 aliphatic rings. The fraction of sp³-hybridized carbons (Fsp3) is 0.308. The minimum atomic E-state index is -0.185. The second kappa shape index (κ2) is 4.39. The smallest absolute Gasteiger partial charge is 0.231 e. The molecule has 0 aliphatic carbocycles. The van der Waals surface area contributed by atoms with E-state index in [4.69, 9.17) is 4.74 Å². The lowest BCUT2D eigenvalue weighted by Crippen LogP contribution is -2.31. The number of nitrogens with one attached hydrogen (secondary N) is 1. The highest BCUT2D eigenvalue weighted by molar-refractivity contribution is 5.85. The highest BCUT2D eigenvalue weighted by Gasteiger charge is 2.29. The zero-order valence-electron chi connectivity index (χ0n) is 9.32. The van der Waals surface area contributed by atoms with Crippen LogP contribution in [-0.2, 0) is 4.79 Å². The number of carbonyl (C=O) groups excluding carboxylic acids is 1. The van der Waals surface area contributed by atoms with Gasteiger partial charge in [0.25, 0.3) is 0 Å². The van der Waals surface area contributed by atoms with Gasteiger partial charge in [-0.15, -0.1) is 0 Å². The van der Waals surface area contributed by atoms with Gasteiger partial charge in [0.1, 0.15) is 18.3 Å². The normalized spacial score (nSPS) is 17.4. The van der Waals surface area contributed by atoms with Crippen molar-refractivity contribution in [2.45, 2.75) is 12.8 Å². The average molecular weight is 217 g/mol. The van der Waals surface area contributed by atoms with Crippen LogP contribution in [0.1, 0.15) is 18.4 Å². The van der Waals surface area contributed by atoms with Crippen molar-refractivity contribution < 1.29 is 9.53 Å². The van der Waals surface area contributed by atoms with Crippen LogP contribution >= 0.6 is 0 Å². The number of ether oxygens (including phenoxy) is 1. The third-order valence-electron chi connectivity index (χ3n) is 2.58. The predicted octanol–water partition coefficient (Wildman–Crippen LogP) is 1.85. The summed E-state index contributed by atoms with van der Waals surface area (Å²) in [6.07, 6.45) is 0. The van der Waals surface area contributed by atoms with Gasteiger partial charge in [0, 0.05) is 12.1 Å². The molecule has 1 N–H and O–H groups in total. The summed E-state index contributed by atoms with van der Waals surface area (Å²) < 4.78 is 5.46. The van der Waals surface area contributed by atoms with Crippen molar-refractivity contribution in [3.05, 3.63) is 42.0 Å². The summed E-state index contributed by atoms with van der Waals surface area (Å²) in [6.45, 7) is 6.60. The molecule has 1 heterocycles. The SMILES string of the molecule is C=C(C)CNC(=O)C1COc2ccccc21. The van der Waals surface area contributed by atoms with E-state index in [-0.39, 0.29) is 11.8 Å². The number of benzene rings is 1. The molecule has 0 bridgehead atoms. The molecule has 0 spiro atoms. The molecule has 16 heavy (non-hydrogen) atoms. The molecular weight excluding hydrogens is 202 g/mol. The highest BCUT2D eigenvalue weighted by atomic mass is 16.5. The van der Waals surface area contributed by atoms with E-state index in [9.17, 15) is 4.79 Å². The van der Waals surface area contributed by atoms with Crippen LogP contribution < -0.4 is 10.1 Å². The van der Waals surface area contributed by atoms with E-state index >= 15 is 0 Å². The molecule has 0 radical (unpaired) electrons. The molecule has 3 nitrogen and oxygen atoms in total. The van der Waals surface area contributed by atoms with Crippen molar-refractivity contribution >= 4 is 5.91 Å². The van der Waals surface area contributed by atoms with Crippen LogP contribution in [0.2, 0.25) is 0 Å². The minimum absolute atomic E-state index is 0.00736. The summed E-state index contributed by atoms with van der Waals surface area (Å²) in [6, 6.07) is 7.66. The van der Waals surface area contributed by atoms with E-state index in [1.807, 2.05) is 31.2 Å². The maximum Gasteiger partial charge on any atom is 0.231 e. The first kappa shape index (κ1) is 10.7. The molecule has 84 valence electrons. The Bertz CT molecular complexity index is 426. The van der Waals surface area contributed by atoms with Gasteiger partial charge in [-0.1, -0.05) is 30.4 Å². The minimum Gasteiger partial charge on any atom is -0.492 e. The zero-order chi connectivity index (χ0) is 11.5. The molecule has 1 unspecified atom stereocenters. The van der Waals surface area contributed by atoms with Crippen molar-refractivity contribution in [1.82, 2.24) is 5.32 Å². The van der Waals surface area contributed by atoms with Crippen LogP contribution in [-0.4, -0.2) is 19.1 Å². The van der Waals surface area contributed by atoms with Gasteiger partial charge in [0.2, 0.25) is 5.91 Å². The summed E-state index contributed by atoms with van der Waals surface area (Å²) in [5, 5.41) is 2.85. The Morgan fingerprint density at radius 2 is 2.31 bits per heavy atom. The standard InChI is InChI=1S/C13H15NO2/c1-9(2)7-14-13(15)11-8-16-12-6-4-3-5-10(11)12/h3-6,11H,1,7-8H2,2H3,(H,14,15). The monoisotopic (exact) mass is 217 g/mol. The Balaban J connectivity index is 2.07. The van der Waals surface area contributed by atoms with Gasteiger partial charge in [0.05, 0.1) is 0 Å². The van der Waals surface area contributed by atoms with E-state index in [1.54, 1.807) is 0 Å². The van der Waals surface area contributed by atoms with Gasteiger partial charge in [-0.05, 0) is 13.0 Å². The zero-order valence-corrected chi connectivity index (χ0v) is 9.32. The number of rotatable bonds is 3. The number of fused-ring (bicyclic) bond motifs is 1. The number of hydrogen-bond donors (Lipinski definition) is 1. The van der Waals surface area contributed by atoms with Crippen LogP contribution in [0.3, 0.4) is 0 Å². The fourth-order valence-electron chi connectivity index (χ4n) is 1.74. The molecule has 0 saturated carbocycles. The third kappa shape index (κ3) is 2.08. The average Bonchev–Trinajstić information content (AvgIpc) is 2.69. The van der Waals surface area contributed by atoms with Crippen molar-refractivity contribution in [3.63, 3.8) is 0 Å². The van der Waals surface area contributed by atoms with Gasteiger partial charge in [0.15, 0.2) is 0 Å². The third-order valence-corrected chi connectivity index (χ3v) is 2.58. The Labute approximate surface area is 95.1 Å². The van der Waals surface area contributed by atoms with Crippen LogP contribution in [0, 0.1) is 0 Å². The Morgan fingerprint density at radius 3 is 3.06 bits per heavy atom. The van der Waals surface area contributed by atoms with Crippen molar-refractivity contribution in [1.29, 1.82) is 0 Å². The van der Waals surface area contributed by atoms with E-state index in [1.165, 1.54) is 0 Å². The van der Waals surface area contributed by atoms with Crippen LogP contribution in [0.5, 0.6) is 5.75 Å².